The predicted octanol–water partition coefficient (Wildman–Crippen LogP) is 3.73. The van der Waals surface area contributed by atoms with Gasteiger partial charge in [-0.3, -0.25) is 9.69 Å². The Bertz CT molecular complexity index is 883. The van der Waals surface area contributed by atoms with Crippen LogP contribution in [0.5, 0.6) is 11.5 Å². The van der Waals surface area contributed by atoms with Crippen molar-refractivity contribution in [2.45, 2.75) is 46.2 Å². The largest absolute Gasteiger partial charge is 0.507 e. The predicted molar refractivity (Wildman–Crippen MR) is 118 cm³/mol. The third kappa shape index (κ3) is 4.87. The van der Waals surface area contributed by atoms with Gasteiger partial charge >= 0.3 is 0 Å². The third-order valence-corrected chi connectivity index (χ3v) is 6.01. The number of hydrogen-bond acceptors (Lipinski definition) is 5. The Kier molecular flexibility index (Phi) is 7.56. The Balaban J connectivity index is 2.09. The summed E-state index contributed by atoms with van der Waals surface area (Å²) in [6, 6.07) is 9.29. The second kappa shape index (κ2) is 10.1. The molecule has 1 atom stereocenters. The van der Waals surface area contributed by atoms with E-state index in [0.717, 1.165) is 42.9 Å². The summed E-state index contributed by atoms with van der Waals surface area (Å²) in [5, 5.41) is 10.9. The van der Waals surface area contributed by atoms with Gasteiger partial charge in [-0.15, -0.1) is 0 Å². The van der Waals surface area contributed by atoms with Crippen molar-refractivity contribution in [3.05, 3.63) is 57.5 Å². The summed E-state index contributed by atoms with van der Waals surface area (Å²) in [6.45, 7) is 9.36. The maximum Gasteiger partial charge on any atom is 0.259 e. The highest BCUT2D eigenvalue weighted by atomic mass is 16.5. The number of piperidine rings is 1. The lowest BCUT2D eigenvalue weighted by Crippen LogP contribution is -2.40. The first-order chi connectivity index (χ1) is 14.5. The van der Waals surface area contributed by atoms with E-state index in [1.54, 1.807) is 17.7 Å². The van der Waals surface area contributed by atoms with Crippen molar-refractivity contribution >= 4 is 0 Å². The van der Waals surface area contributed by atoms with Crippen LogP contribution < -0.4 is 10.3 Å². The van der Waals surface area contributed by atoms with Gasteiger partial charge < -0.3 is 19.1 Å². The average molecular weight is 415 g/mol. The smallest absolute Gasteiger partial charge is 0.259 e. The molecule has 0 amide bonds. The van der Waals surface area contributed by atoms with E-state index < -0.39 is 0 Å². The SMILES string of the molecule is CCOc1ccc([C@H](c2c(O)cc(C)n(CCOC)c2=O)N2CCC(C)CC2)cc1. The van der Waals surface area contributed by atoms with Gasteiger partial charge in [0.15, 0.2) is 0 Å². The molecule has 1 N–H and O–H groups in total. The fourth-order valence-corrected chi connectivity index (χ4v) is 4.25. The fraction of sp³-hybridized carbons (Fsp3) is 0.542. The van der Waals surface area contributed by atoms with Crippen LogP contribution in [0.25, 0.3) is 0 Å². The van der Waals surface area contributed by atoms with Crippen LogP contribution in [0.15, 0.2) is 35.1 Å². The summed E-state index contributed by atoms with van der Waals surface area (Å²) in [7, 11) is 1.62. The Hall–Kier alpha value is -2.31. The van der Waals surface area contributed by atoms with Crippen LogP contribution in [0.3, 0.4) is 0 Å². The molecule has 164 valence electrons. The molecule has 2 aromatic rings. The van der Waals surface area contributed by atoms with E-state index in [4.69, 9.17) is 9.47 Å². The summed E-state index contributed by atoms with van der Waals surface area (Å²) in [4.78, 5) is 15.8. The zero-order valence-corrected chi connectivity index (χ0v) is 18.6. The molecule has 1 aliphatic heterocycles. The number of methoxy groups -OCH3 is 1. The van der Waals surface area contributed by atoms with E-state index in [0.29, 0.717) is 31.2 Å². The first-order valence-corrected chi connectivity index (χ1v) is 10.8. The van der Waals surface area contributed by atoms with Crippen molar-refractivity contribution < 1.29 is 14.6 Å². The van der Waals surface area contributed by atoms with Crippen molar-refractivity contribution in [2.24, 2.45) is 5.92 Å². The van der Waals surface area contributed by atoms with Crippen LogP contribution in [0.2, 0.25) is 0 Å². The van der Waals surface area contributed by atoms with Crippen LogP contribution in [0, 0.1) is 12.8 Å². The van der Waals surface area contributed by atoms with Crippen molar-refractivity contribution in [2.75, 3.05) is 33.4 Å². The molecule has 0 radical (unpaired) electrons. The highest BCUT2D eigenvalue weighted by Gasteiger charge is 2.31. The molecule has 0 unspecified atom stereocenters. The number of aromatic nitrogens is 1. The van der Waals surface area contributed by atoms with Crippen LogP contribution >= 0.6 is 0 Å². The molecule has 0 aliphatic carbocycles. The molecule has 1 aromatic heterocycles. The number of benzene rings is 1. The second-order valence-electron chi connectivity index (χ2n) is 8.16. The van der Waals surface area contributed by atoms with Crippen LogP contribution in [0.1, 0.15) is 49.6 Å². The Labute approximate surface area is 179 Å². The van der Waals surface area contributed by atoms with E-state index >= 15 is 0 Å². The van der Waals surface area contributed by atoms with Gasteiger partial charge in [-0.2, -0.15) is 0 Å². The lowest BCUT2D eigenvalue weighted by atomic mass is 9.92. The van der Waals surface area contributed by atoms with Crippen LogP contribution in [0.4, 0.5) is 0 Å². The Morgan fingerprint density at radius 2 is 1.87 bits per heavy atom. The minimum Gasteiger partial charge on any atom is -0.507 e. The minimum absolute atomic E-state index is 0.0590. The molecule has 1 saturated heterocycles. The normalized spacial score (nSPS) is 16.5. The number of pyridine rings is 1. The van der Waals surface area contributed by atoms with Gasteiger partial charge in [0.2, 0.25) is 0 Å². The summed E-state index contributed by atoms with van der Waals surface area (Å²) in [6.07, 6.45) is 2.16. The maximum absolute atomic E-state index is 13.5. The highest BCUT2D eigenvalue weighted by molar-refractivity contribution is 5.42. The molecule has 1 fully saturated rings. The molecule has 6 heteroatoms. The Morgan fingerprint density at radius 1 is 1.20 bits per heavy atom. The van der Waals surface area contributed by atoms with E-state index in [-0.39, 0.29) is 17.4 Å². The third-order valence-electron chi connectivity index (χ3n) is 6.01. The molecule has 2 heterocycles. The van der Waals surface area contributed by atoms with Gasteiger partial charge in [-0.1, -0.05) is 19.1 Å². The first-order valence-electron chi connectivity index (χ1n) is 10.8. The van der Waals surface area contributed by atoms with E-state index in [1.807, 2.05) is 38.1 Å². The molecule has 1 aromatic carbocycles. The zero-order chi connectivity index (χ0) is 21.7. The number of aromatic hydroxyl groups is 1. The maximum atomic E-state index is 13.5. The average Bonchev–Trinajstić information content (AvgIpc) is 2.73. The van der Waals surface area contributed by atoms with Gasteiger partial charge in [0, 0.05) is 19.3 Å². The van der Waals surface area contributed by atoms with Crippen molar-refractivity contribution in [3.63, 3.8) is 0 Å². The fourth-order valence-electron chi connectivity index (χ4n) is 4.25. The molecular formula is C24H34N2O4. The van der Waals surface area contributed by atoms with Gasteiger partial charge in [-0.05, 0) is 69.5 Å². The van der Waals surface area contributed by atoms with Gasteiger partial charge in [-0.25, -0.2) is 0 Å². The number of rotatable bonds is 8. The molecule has 1 aliphatic rings. The number of ether oxygens (including phenoxy) is 2. The summed E-state index contributed by atoms with van der Waals surface area (Å²) in [5.74, 6) is 1.54. The Morgan fingerprint density at radius 3 is 2.47 bits per heavy atom. The van der Waals surface area contributed by atoms with Crippen molar-refractivity contribution in [1.29, 1.82) is 0 Å². The monoisotopic (exact) mass is 414 g/mol. The van der Waals surface area contributed by atoms with Gasteiger partial charge in [0.1, 0.15) is 11.5 Å². The van der Waals surface area contributed by atoms with Gasteiger partial charge in [0.05, 0.1) is 24.8 Å². The zero-order valence-electron chi connectivity index (χ0n) is 18.6. The highest BCUT2D eigenvalue weighted by Crippen LogP contribution is 2.35. The lowest BCUT2D eigenvalue weighted by Gasteiger charge is -2.37. The first kappa shape index (κ1) is 22.4. The summed E-state index contributed by atoms with van der Waals surface area (Å²) >= 11 is 0. The van der Waals surface area contributed by atoms with Crippen LogP contribution in [-0.4, -0.2) is 48.0 Å². The minimum atomic E-state index is -0.296. The van der Waals surface area contributed by atoms with Gasteiger partial charge in [0.25, 0.3) is 5.56 Å². The number of hydrogen-bond donors (Lipinski definition) is 1. The molecule has 0 saturated carbocycles. The molecule has 6 nitrogen and oxygen atoms in total. The topological polar surface area (TPSA) is 63.9 Å². The molecular weight excluding hydrogens is 380 g/mol. The van der Waals surface area contributed by atoms with Crippen molar-refractivity contribution in [3.8, 4) is 11.5 Å². The summed E-state index contributed by atoms with van der Waals surface area (Å²) < 4.78 is 12.5. The quantitative estimate of drug-likeness (QED) is 0.713. The lowest BCUT2D eigenvalue weighted by molar-refractivity contribution is 0.154. The number of likely N-dealkylation sites (tertiary alicyclic amines) is 1. The number of nitrogens with zero attached hydrogens (tertiary/aromatic N) is 2. The summed E-state index contributed by atoms with van der Waals surface area (Å²) in [5.41, 5.74) is 2.01. The van der Waals surface area contributed by atoms with E-state index in [1.165, 1.54) is 0 Å². The molecule has 30 heavy (non-hydrogen) atoms. The molecule has 0 bridgehead atoms. The van der Waals surface area contributed by atoms with Crippen molar-refractivity contribution in [1.82, 2.24) is 9.47 Å². The van der Waals surface area contributed by atoms with Crippen LogP contribution in [-0.2, 0) is 11.3 Å². The van der Waals surface area contributed by atoms with E-state index in [2.05, 4.69) is 11.8 Å². The molecule has 0 spiro atoms. The number of aryl methyl sites for hydroxylation is 1. The molecule has 3 rings (SSSR count). The second-order valence-corrected chi connectivity index (χ2v) is 8.16. The van der Waals surface area contributed by atoms with E-state index in [9.17, 15) is 9.90 Å². The standard InChI is InChI=1S/C24H34N2O4/c1-5-30-20-8-6-19(7-9-20)23(25-12-10-17(2)11-13-25)22-21(27)16-18(3)26(24(22)28)14-15-29-4/h6-9,16-17,23,27H,5,10-15H2,1-4H3/t23-/m1/s1.